The molecular formula is C14H12BrFO. The summed E-state index contributed by atoms with van der Waals surface area (Å²) in [6.07, 6.45) is 0. The lowest BCUT2D eigenvalue weighted by Gasteiger charge is -2.09. The second-order valence-corrected chi connectivity index (χ2v) is 4.66. The Hall–Kier alpha value is -1.35. The SMILES string of the molecule is Cc1cc(OCc2ccccc2)c(Br)cc1F. The minimum absolute atomic E-state index is 0.232. The molecule has 0 atom stereocenters. The van der Waals surface area contributed by atoms with Crippen LogP contribution in [0.15, 0.2) is 46.9 Å². The molecule has 3 heteroatoms. The molecule has 17 heavy (non-hydrogen) atoms. The molecule has 2 aromatic rings. The third kappa shape index (κ3) is 3.07. The van der Waals surface area contributed by atoms with Crippen LogP contribution in [0, 0.1) is 12.7 Å². The zero-order valence-corrected chi connectivity index (χ0v) is 11.0. The van der Waals surface area contributed by atoms with Crippen LogP contribution in [0.2, 0.25) is 0 Å². The first kappa shape index (κ1) is 12.1. The van der Waals surface area contributed by atoms with Crippen LogP contribution in [0.5, 0.6) is 5.75 Å². The third-order valence-electron chi connectivity index (χ3n) is 2.45. The van der Waals surface area contributed by atoms with Crippen LogP contribution in [-0.4, -0.2) is 0 Å². The molecule has 0 radical (unpaired) electrons. The summed E-state index contributed by atoms with van der Waals surface area (Å²) in [7, 11) is 0. The Bertz CT molecular complexity index is 511. The maximum absolute atomic E-state index is 13.2. The molecule has 0 aromatic heterocycles. The number of ether oxygens (including phenoxy) is 1. The molecule has 2 aromatic carbocycles. The van der Waals surface area contributed by atoms with Crippen molar-refractivity contribution >= 4 is 15.9 Å². The van der Waals surface area contributed by atoms with Gasteiger partial charge in [0.25, 0.3) is 0 Å². The first-order chi connectivity index (χ1) is 8.16. The van der Waals surface area contributed by atoms with Crippen molar-refractivity contribution in [2.45, 2.75) is 13.5 Å². The Morgan fingerprint density at radius 1 is 1.18 bits per heavy atom. The Balaban J connectivity index is 2.12. The van der Waals surface area contributed by atoms with Gasteiger partial charge in [-0.05, 0) is 46.1 Å². The molecule has 0 spiro atoms. The molecule has 2 rings (SSSR count). The summed E-state index contributed by atoms with van der Waals surface area (Å²) in [4.78, 5) is 0. The van der Waals surface area contributed by atoms with Crippen LogP contribution in [0.4, 0.5) is 4.39 Å². The predicted molar refractivity (Wildman–Crippen MR) is 69.6 cm³/mol. The van der Waals surface area contributed by atoms with E-state index in [1.807, 2.05) is 30.3 Å². The molecule has 0 N–H and O–H groups in total. The fourth-order valence-corrected chi connectivity index (χ4v) is 1.91. The maximum atomic E-state index is 13.2. The third-order valence-corrected chi connectivity index (χ3v) is 3.07. The van der Waals surface area contributed by atoms with Crippen molar-refractivity contribution in [1.29, 1.82) is 0 Å². The molecule has 1 nitrogen and oxygen atoms in total. The first-order valence-electron chi connectivity index (χ1n) is 5.29. The number of aryl methyl sites for hydroxylation is 1. The summed E-state index contributed by atoms with van der Waals surface area (Å²) in [5.41, 5.74) is 1.66. The fourth-order valence-electron chi connectivity index (χ4n) is 1.48. The van der Waals surface area contributed by atoms with Crippen molar-refractivity contribution in [3.63, 3.8) is 0 Å². The van der Waals surface area contributed by atoms with E-state index in [0.29, 0.717) is 22.4 Å². The Morgan fingerprint density at radius 3 is 2.59 bits per heavy atom. The Morgan fingerprint density at radius 2 is 1.88 bits per heavy atom. The van der Waals surface area contributed by atoms with E-state index >= 15 is 0 Å². The lowest BCUT2D eigenvalue weighted by atomic mass is 10.2. The van der Waals surface area contributed by atoms with E-state index in [0.717, 1.165) is 5.56 Å². The summed E-state index contributed by atoms with van der Waals surface area (Å²) in [5, 5.41) is 0. The normalized spacial score (nSPS) is 10.3. The van der Waals surface area contributed by atoms with Crippen LogP contribution in [0.3, 0.4) is 0 Å². The van der Waals surface area contributed by atoms with Gasteiger partial charge in [-0.25, -0.2) is 4.39 Å². The van der Waals surface area contributed by atoms with Crippen molar-refractivity contribution in [2.24, 2.45) is 0 Å². The fraction of sp³-hybridized carbons (Fsp3) is 0.143. The molecule has 0 saturated carbocycles. The van der Waals surface area contributed by atoms with E-state index in [1.54, 1.807) is 13.0 Å². The number of hydrogen-bond donors (Lipinski definition) is 0. The number of rotatable bonds is 3. The lowest BCUT2D eigenvalue weighted by molar-refractivity contribution is 0.303. The van der Waals surface area contributed by atoms with E-state index in [-0.39, 0.29) is 5.82 Å². The highest BCUT2D eigenvalue weighted by Gasteiger charge is 2.06. The second-order valence-electron chi connectivity index (χ2n) is 3.81. The topological polar surface area (TPSA) is 9.23 Å². The van der Waals surface area contributed by atoms with Crippen molar-refractivity contribution in [2.75, 3.05) is 0 Å². The van der Waals surface area contributed by atoms with E-state index < -0.39 is 0 Å². The molecule has 0 bridgehead atoms. The van der Waals surface area contributed by atoms with E-state index in [2.05, 4.69) is 15.9 Å². The minimum atomic E-state index is -0.232. The van der Waals surface area contributed by atoms with Crippen LogP contribution >= 0.6 is 15.9 Å². The summed E-state index contributed by atoms with van der Waals surface area (Å²) < 4.78 is 19.5. The highest BCUT2D eigenvalue weighted by molar-refractivity contribution is 9.10. The molecule has 0 fully saturated rings. The number of hydrogen-bond acceptors (Lipinski definition) is 1. The van der Waals surface area contributed by atoms with Gasteiger partial charge < -0.3 is 4.74 Å². The van der Waals surface area contributed by atoms with Gasteiger partial charge in [0.05, 0.1) is 4.47 Å². The molecule has 0 aliphatic rings. The van der Waals surface area contributed by atoms with Crippen LogP contribution < -0.4 is 4.74 Å². The van der Waals surface area contributed by atoms with Crippen molar-refractivity contribution < 1.29 is 9.13 Å². The van der Waals surface area contributed by atoms with Gasteiger partial charge in [-0.1, -0.05) is 30.3 Å². The molecule has 0 aliphatic carbocycles. The molecule has 0 unspecified atom stereocenters. The standard InChI is InChI=1S/C14H12BrFO/c1-10-7-14(12(15)8-13(10)16)17-9-11-5-3-2-4-6-11/h2-8H,9H2,1H3. The monoisotopic (exact) mass is 294 g/mol. The van der Waals surface area contributed by atoms with Gasteiger partial charge in [-0.15, -0.1) is 0 Å². The van der Waals surface area contributed by atoms with Gasteiger partial charge in [0.15, 0.2) is 0 Å². The average Bonchev–Trinajstić information content (AvgIpc) is 2.33. The molecular weight excluding hydrogens is 283 g/mol. The zero-order valence-electron chi connectivity index (χ0n) is 9.41. The predicted octanol–water partition coefficient (Wildman–Crippen LogP) is 4.48. The van der Waals surface area contributed by atoms with E-state index in [4.69, 9.17) is 4.74 Å². The van der Waals surface area contributed by atoms with Gasteiger partial charge in [0.1, 0.15) is 18.2 Å². The number of halogens is 2. The van der Waals surface area contributed by atoms with Gasteiger partial charge in [-0.3, -0.25) is 0 Å². The van der Waals surface area contributed by atoms with Crippen LogP contribution in [0.25, 0.3) is 0 Å². The molecule has 0 aliphatic heterocycles. The summed E-state index contributed by atoms with van der Waals surface area (Å²) in [6.45, 7) is 2.20. The second kappa shape index (κ2) is 5.32. The Labute approximate surface area is 108 Å². The van der Waals surface area contributed by atoms with Crippen molar-refractivity contribution in [3.8, 4) is 5.75 Å². The Kier molecular flexibility index (Phi) is 3.79. The smallest absolute Gasteiger partial charge is 0.134 e. The lowest BCUT2D eigenvalue weighted by Crippen LogP contribution is -1.97. The largest absolute Gasteiger partial charge is 0.488 e. The van der Waals surface area contributed by atoms with Crippen LogP contribution in [-0.2, 0) is 6.61 Å². The van der Waals surface area contributed by atoms with Crippen molar-refractivity contribution in [3.05, 3.63) is 63.9 Å². The zero-order chi connectivity index (χ0) is 12.3. The summed E-state index contributed by atoms with van der Waals surface area (Å²) in [5.74, 6) is 0.427. The molecule has 0 saturated heterocycles. The van der Waals surface area contributed by atoms with Gasteiger partial charge in [0, 0.05) is 0 Å². The van der Waals surface area contributed by atoms with Gasteiger partial charge in [0.2, 0.25) is 0 Å². The molecule has 0 heterocycles. The molecule has 88 valence electrons. The maximum Gasteiger partial charge on any atom is 0.134 e. The van der Waals surface area contributed by atoms with E-state index in [9.17, 15) is 4.39 Å². The van der Waals surface area contributed by atoms with Crippen molar-refractivity contribution in [1.82, 2.24) is 0 Å². The quantitative estimate of drug-likeness (QED) is 0.811. The summed E-state index contributed by atoms with van der Waals surface area (Å²) in [6, 6.07) is 13.0. The average molecular weight is 295 g/mol. The van der Waals surface area contributed by atoms with Crippen LogP contribution in [0.1, 0.15) is 11.1 Å². The highest BCUT2D eigenvalue weighted by atomic mass is 79.9. The minimum Gasteiger partial charge on any atom is -0.488 e. The highest BCUT2D eigenvalue weighted by Crippen LogP contribution is 2.28. The van der Waals surface area contributed by atoms with Gasteiger partial charge in [-0.2, -0.15) is 0 Å². The summed E-state index contributed by atoms with van der Waals surface area (Å²) >= 11 is 3.29. The molecule has 0 amide bonds. The number of benzene rings is 2. The van der Waals surface area contributed by atoms with Gasteiger partial charge >= 0.3 is 0 Å². The first-order valence-corrected chi connectivity index (χ1v) is 6.08. The van der Waals surface area contributed by atoms with E-state index in [1.165, 1.54) is 6.07 Å².